The minimum Gasteiger partial charge on any atom is -0.309 e. The Bertz CT molecular complexity index is 3650. The highest BCUT2D eigenvalue weighted by Gasteiger charge is 2.25. The maximum Gasteiger partial charge on any atom is 0.161 e. The van der Waals surface area contributed by atoms with Crippen LogP contribution in [0.5, 0.6) is 0 Å². The number of nitrogens with zero attached hydrogens (tertiary/aromatic N) is 5. The van der Waals surface area contributed by atoms with Gasteiger partial charge < -0.3 is 9.13 Å². The predicted octanol–water partition coefficient (Wildman–Crippen LogP) is 14.9. The molecule has 0 unspecified atom stereocenters. The standard InChI is InChI=1S/C59H37N5/c60-38-50-57(41-23-9-3-10-24-41)61-59(62-58(50)42-25-11-4-12-26-42)49-35-43(39-19-5-1-6-20-39)36-55(56(49)40-21-7-2-8-22-40)64-53-32-18-15-29-47(53)48-37-44(33-34-54(48)64)63-51-30-16-13-27-45(51)46-28-14-17-31-52(46)63/h1-37H. The zero-order chi connectivity index (χ0) is 42.6. The van der Waals surface area contributed by atoms with Crippen LogP contribution in [-0.2, 0) is 0 Å². The van der Waals surface area contributed by atoms with Crippen LogP contribution in [0.2, 0.25) is 0 Å². The quantitative estimate of drug-likeness (QED) is 0.161. The Hall–Kier alpha value is -8.85. The molecule has 5 heteroatoms. The van der Waals surface area contributed by atoms with Crippen LogP contribution in [0.15, 0.2) is 224 Å². The lowest BCUT2D eigenvalue weighted by molar-refractivity contribution is 1.15. The minimum absolute atomic E-state index is 0.434. The van der Waals surface area contributed by atoms with Gasteiger partial charge in [0.05, 0.1) is 39.1 Å². The number of nitriles is 1. The van der Waals surface area contributed by atoms with Crippen molar-refractivity contribution in [1.82, 2.24) is 19.1 Å². The number of fused-ring (bicyclic) bond motifs is 6. The minimum atomic E-state index is 0.434. The van der Waals surface area contributed by atoms with Crippen molar-refractivity contribution < 1.29 is 0 Å². The summed E-state index contributed by atoms with van der Waals surface area (Å²) in [6.45, 7) is 0. The van der Waals surface area contributed by atoms with Crippen molar-refractivity contribution in [2.75, 3.05) is 0 Å². The van der Waals surface area contributed by atoms with E-state index >= 15 is 0 Å². The number of hydrogen-bond acceptors (Lipinski definition) is 3. The molecule has 0 saturated carbocycles. The molecule has 9 aromatic carbocycles. The summed E-state index contributed by atoms with van der Waals surface area (Å²) in [6, 6.07) is 81.0. The van der Waals surface area contributed by atoms with Gasteiger partial charge in [-0.25, -0.2) is 9.97 Å². The Morgan fingerprint density at radius 1 is 0.359 bits per heavy atom. The van der Waals surface area contributed by atoms with Gasteiger partial charge in [0.15, 0.2) is 5.82 Å². The molecule has 0 aliphatic carbocycles. The summed E-state index contributed by atoms with van der Waals surface area (Å²) in [6.07, 6.45) is 0. The molecule has 0 saturated heterocycles. The normalized spacial score (nSPS) is 11.4. The summed E-state index contributed by atoms with van der Waals surface area (Å²) < 4.78 is 4.80. The summed E-state index contributed by atoms with van der Waals surface area (Å²) in [7, 11) is 0. The van der Waals surface area contributed by atoms with Gasteiger partial charge in [-0.15, -0.1) is 0 Å². The Kier molecular flexibility index (Phi) is 8.81. The van der Waals surface area contributed by atoms with E-state index in [2.05, 4.69) is 173 Å². The maximum atomic E-state index is 10.8. The van der Waals surface area contributed by atoms with E-state index in [1.54, 1.807) is 0 Å². The second kappa shape index (κ2) is 15.3. The summed E-state index contributed by atoms with van der Waals surface area (Å²) >= 11 is 0. The van der Waals surface area contributed by atoms with Crippen LogP contribution in [0, 0.1) is 11.3 Å². The van der Waals surface area contributed by atoms with Crippen molar-refractivity contribution in [1.29, 1.82) is 5.26 Å². The van der Waals surface area contributed by atoms with Crippen molar-refractivity contribution in [3.63, 3.8) is 0 Å². The Balaban J connectivity index is 1.20. The number of benzene rings is 9. The van der Waals surface area contributed by atoms with Crippen LogP contribution in [0.25, 0.3) is 111 Å². The monoisotopic (exact) mass is 815 g/mol. The first-order valence-corrected chi connectivity index (χ1v) is 21.5. The molecular weight excluding hydrogens is 779 g/mol. The Morgan fingerprint density at radius 2 is 0.797 bits per heavy atom. The SMILES string of the molecule is N#Cc1c(-c2ccccc2)nc(-c2cc(-c3ccccc3)cc(-n3c4ccccc4c4cc(-n5c6ccccc6c6ccccc65)ccc43)c2-c2ccccc2)nc1-c1ccccc1. The average Bonchev–Trinajstić information content (AvgIpc) is 3.89. The van der Waals surface area contributed by atoms with Gasteiger partial charge >= 0.3 is 0 Å². The third kappa shape index (κ3) is 6.00. The number of aromatic nitrogens is 4. The molecule has 0 amide bonds. The van der Waals surface area contributed by atoms with E-state index < -0.39 is 0 Å². The molecule has 64 heavy (non-hydrogen) atoms. The highest BCUT2D eigenvalue weighted by Crippen LogP contribution is 2.45. The van der Waals surface area contributed by atoms with Gasteiger partial charge in [0.25, 0.3) is 0 Å². The molecule has 0 aliphatic rings. The lowest BCUT2D eigenvalue weighted by Crippen LogP contribution is -2.05. The Morgan fingerprint density at radius 3 is 1.33 bits per heavy atom. The van der Waals surface area contributed by atoms with E-state index in [4.69, 9.17) is 9.97 Å². The Labute approximate surface area is 370 Å². The molecule has 0 fully saturated rings. The molecule has 0 spiro atoms. The summed E-state index contributed by atoms with van der Waals surface area (Å²) in [5.74, 6) is 0.531. The maximum absolute atomic E-state index is 10.8. The molecule has 0 aliphatic heterocycles. The van der Waals surface area contributed by atoms with Crippen molar-refractivity contribution >= 4 is 43.6 Å². The molecule has 0 bridgehead atoms. The topological polar surface area (TPSA) is 59.4 Å². The second-order valence-corrected chi connectivity index (χ2v) is 16.0. The molecule has 0 N–H and O–H groups in total. The molecule has 3 heterocycles. The molecular formula is C59H37N5. The highest BCUT2D eigenvalue weighted by atomic mass is 15.0. The highest BCUT2D eigenvalue weighted by molar-refractivity contribution is 6.13. The van der Waals surface area contributed by atoms with Crippen LogP contribution in [0.3, 0.4) is 0 Å². The van der Waals surface area contributed by atoms with E-state index in [9.17, 15) is 5.26 Å². The van der Waals surface area contributed by atoms with E-state index in [1.165, 1.54) is 21.8 Å². The predicted molar refractivity (Wildman–Crippen MR) is 263 cm³/mol. The van der Waals surface area contributed by atoms with Crippen LogP contribution in [-0.4, -0.2) is 19.1 Å². The smallest absolute Gasteiger partial charge is 0.161 e. The van der Waals surface area contributed by atoms with Gasteiger partial charge in [0.1, 0.15) is 11.6 Å². The summed E-state index contributed by atoms with van der Waals surface area (Å²) in [5, 5.41) is 15.6. The van der Waals surface area contributed by atoms with Crippen LogP contribution in [0.1, 0.15) is 5.56 Å². The van der Waals surface area contributed by atoms with E-state index in [0.717, 1.165) is 72.1 Å². The first kappa shape index (κ1) is 37.0. The lowest BCUT2D eigenvalue weighted by Gasteiger charge is -2.21. The first-order valence-electron chi connectivity index (χ1n) is 21.5. The van der Waals surface area contributed by atoms with Crippen LogP contribution >= 0.6 is 0 Å². The molecule has 3 aromatic heterocycles. The lowest BCUT2D eigenvalue weighted by atomic mass is 9.91. The second-order valence-electron chi connectivity index (χ2n) is 16.0. The number of rotatable bonds is 7. The third-order valence-corrected chi connectivity index (χ3v) is 12.4. The van der Waals surface area contributed by atoms with Crippen molar-refractivity contribution in [3.05, 3.63) is 230 Å². The van der Waals surface area contributed by atoms with E-state index in [1.807, 2.05) is 66.7 Å². The molecule has 5 nitrogen and oxygen atoms in total. The summed E-state index contributed by atoms with van der Waals surface area (Å²) in [5.41, 5.74) is 14.9. The molecule has 12 rings (SSSR count). The number of para-hydroxylation sites is 3. The van der Waals surface area contributed by atoms with E-state index in [0.29, 0.717) is 22.8 Å². The zero-order valence-electron chi connectivity index (χ0n) is 34.6. The fourth-order valence-electron chi connectivity index (χ4n) is 9.54. The largest absolute Gasteiger partial charge is 0.309 e. The van der Waals surface area contributed by atoms with Gasteiger partial charge in [0.2, 0.25) is 0 Å². The van der Waals surface area contributed by atoms with Gasteiger partial charge in [-0.1, -0.05) is 176 Å². The zero-order valence-corrected chi connectivity index (χ0v) is 34.6. The van der Waals surface area contributed by atoms with E-state index in [-0.39, 0.29) is 0 Å². The first-order chi connectivity index (χ1) is 31.7. The third-order valence-electron chi connectivity index (χ3n) is 12.4. The van der Waals surface area contributed by atoms with Crippen molar-refractivity contribution in [2.45, 2.75) is 0 Å². The van der Waals surface area contributed by atoms with Crippen molar-refractivity contribution in [2.24, 2.45) is 0 Å². The van der Waals surface area contributed by atoms with Gasteiger partial charge in [-0.05, 0) is 65.2 Å². The fourth-order valence-corrected chi connectivity index (χ4v) is 9.54. The van der Waals surface area contributed by atoms with Gasteiger partial charge in [-0.2, -0.15) is 5.26 Å². The molecule has 0 atom stereocenters. The molecule has 12 aromatic rings. The number of hydrogen-bond donors (Lipinski definition) is 0. The average molecular weight is 816 g/mol. The van der Waals surface area contributed by atoms with Gasteiger partial charge in [-0.3, -0.25) is 0 Å². The fraction of sp³-hybridized carbons (Fsp3) is 0. The van der Waals surface area contributed by atoms with Crippen LogP contribution < -0.4 is 0 Å². The van der Waals surface area contributed by atoms with Crippen LogP contribution in [0.4, 0.5) is 0 Å². The summed E-state index contributed by atoms with van der Waals surface area (Å²) in [4.78, 5) is 10.8. The van der Waals surface area contributed by atoms with Crippen molar-refractivity contribution in [3.8, 4) is 73.6 Å². The molecule has 298 valence electrons. The van der Waals surface area contributed by atoms with Gasteiger partial charge in [0, 0.05) is 49.5 Å². The molecule has 0 radical (unpaired) electrons.